The van der Waals surface area contributed by atoms with Gasteiger partial charge in [-0.15, -0.1) is 0 Å². The number of carbonyl (C=O) groups is 2. The zero-order valence-corrected chi connectivity index (χ0v) is 15.5. The molecule has 6 nitrogen and oxygen atoms in total. The van der Waals surface area contributed by atoms with Crippen molar-refractivity contribution in [1.82, 2.24) is 9.80 Å². The van der Waals surface area contributed by atoms with E-state index >= 15 is 0 Å². The van der Waals surface area contributed by atoms with Crippen LogP contribution in [0, 0.1) is 5.92 Å². The number of likely N-dealkylation sites (tertiary alicyclic amines) is 1. The molecule has 2 fully saturated rings. The predicted octanol–water partition coefficient (Wildman–Crippen LogP) is 2.83. The quantitative estimate of drug-likeness (QED) is 0.754. The fraction of sp³-hybridized carbons (Fsp3) is 0.429. The summed E-state index contributed by atoms with van der Waals surface area (Å²) in [6.07, 6.45) is 3.96. The number of ether oxygens (including phenoxy) is 1. The largest absolute Gasteiger partial charge is 0.497 e. The van der Waals surface area contributed by atoms with Crippen molar-refractivity contribution in [2.24, 2.45) is 5.92 Å². The molecule has 2 aromatic rings. The molecule has 1 saturated carbocycles. The Morgan fingerprint density at radius 1 is 1.26 bits per heavy atom. The Morgan fingerprint density at radius 2 is 2.04 bits per heavy atom. The summed E-state index contributed by atoms with van der Waals surface area (Å²) < 4.78 is 10.5. The number of amides is 2. The van der Waals surface area contributed by atoms with Gasteiger partial charge in [0.15, 0.2) is 0 Å². The Morgan fingerprint density at radius 3 is 2.67 bits per heavy atom. The summed E-state index contributed by atoms with van der Waals surface area (Å²) in [4.78, 5) is 29.2. The standard InChI is InChI=1S/C21H24N2O4/c1-26-18-8-4-15(5-9-18)12-23(17-6-7-17)21(25)16-11-20(24)22(13-16)14-19-3-2-10-27-19/h2-5,8-10,16-17H,6-7,11-14H2,1H3. The zero-order valence-electron chi connectivity index (χ0n) is 15.5. The van der Waals surface area contributed by atoms with Crippen molar-refractivity contribution in [1.29, 1.82) is 0 Å². The van der Waals surface area contributed by atoms with E-state index in [9.17, 15) is 9.59 Å². The van der Waals surface area contributed by atoms with Crippen molar-refractivity contribution < 1.29 is 18.7 Å². The van der Waals surface area contributed by atoms with E-state index in [4.69, 9.17) is 9.15 Å². The highest BCUT2D eigenvalue weighted by Gasteiger charge is 2.41. The highest BCUT2D eigenvalue weighted by atomic mass is 16.5. The molecule has 1 atom stereocenters. The molecule has 1 saturated heterocycles. The van der Waals surface area contributed by atoms with Crippen LogP contribution in [0.1, 0.15) is 30.6 Å². The minimum atomic E-state index is -0.272. The molecule has 0 N–H and O–H groups in total. The second-order valence-corrected chi connectivity index (χ2v) is 7.30. The van der Waals surface area contributed by atoms with Gasteiger partial charge in [0.25, 0.3) is 0 Å². The molecule has 1 aliphatic heterocycles. The van der Waals surface area contributed by atoms with E-state index in [1.54, 1.807) is 18.3 Å². The van der Waals surface area contributed by atoms with Crippen LogP contribution in [0.2, 0.25) is 0 Å². The lowest BCUT2D eigenvalue weighted by Crippen LogP contribution is -2.38. The van der Waals surface area contributed by atoms with Gasteiger partial charge in [-0.2, -0.15) is 0 Å². The normalized spacial score (nSPS) is 19.4. The first-order valence-electron chi connectivity index (χ1n) is 9.37. The van der Waals surface area contributed by atoms with Crippen molar-refractivity contribution in [2.45, 2.75) is 38.4 Å². The molecular formula is C21H24N2O4. The summed E-state index contributed by atoms with van der Waals surface area (Å²) in [5.74, 6) is 1.38. The number of nitrogens with zero attached hydrogens (tertiary/aromatic N) is 2. The van der Waals surface area contributed by atoms with Gasteiger partial charge in [-0.25, -0.2) is 0 Å². The Balaban J connectivity index is 1.42. The SMILES string of the molecule is COc1ccc(CN(C(=O)C2CC(=O)N(Cc3ccco3)C2)C2CC2)cc1. The van der Waals surface area contributed by atoms with Gasteiger partial charge in [-0.1, -0.05) is 12.1 Å². The zero-order chi connectivity index (χ0) is 18.8. The van der Waals surface area contributed by atoms with E-state index in [0.717, 1.165) is 29.9 Å². The average Bonchev–Trinajstić information content (AvgIpc) is 3.28. The number of hydrogen-bond acceptors (Lipinski definition) is 4. The Bertz CT molecular complexity index is 796. The van der Waals surface area contributed by atoms with E-state index in [1.807, 2.05) is 41.3 Å². The number of hydrogen-bond donors (Lipinski definition) is 0. The molecule has 0 spiro atoms. The second-order valence-electron chi connectivity index (χ2n) is 7.30. The molecule has 1 aromatic heterocycles. The fourth-order valence-corrected chi connectivity index (χ4v) is 3.62. The van der Waals surface area contributed by atoms with Gasteiger partial charge in [0.2, 0.25) is 11.8 Å². The maximum absolute atomic E-state index is 13.1. The molecule has 0 radical (unpaired) electrons. The third-order valence-corrected chi connectivity index (χ3v) is 5.27. The number of rotatable bonds is 7. The summed E-state index contributed by atoms with van der Waals surface area (Å²) in [6, 6.07) is 11.8. The third-order valence-electron chi connectivity index (χ3n) is 5.27. The smallest absolute Gasteiger partial charge is 0.228 e. The van der Waals surface area contributed by atoms with Crippen LogP contribution in [-0.4, -0.2) is 41.3 Å². The Hall–Kier alpha value is -2.76. The molecule has 1 aromatic carbocycles. The van der Waals surface area contributed by atoms with Crippen LogP contribution in [0.15, 0.2) is 47.1 Å². The van der Waals surface area contributed by atoms with Crippen LogP contribution in [-0.2, 0) is 22.7 Å². The van der Waals surface area contributed by atoms with Crippen LogP contribution in [0.5, 0.6) is 5.75 Å². The third kappa shape index (κ3) is 3.99. The van der Waals surface area contributed by atoms with Crippen molar-refractivity contribution in [2.75, 3.05) is 13.7 Å². The molecule has 4 rings (SSSR count). The summed E-state index contributed by atoms with van der Waals surface area (Å²) in [5, 5.41) is 0. The minimum absolute atomic E-state index is 0.0185. The van der Waals surface area contributed by atoms with E-state index in [0.29, 0.717) is 25.7 Å². The van der Waals surface area contributed by atoms with Gasteiger partial charge >= 0.3 is 0 Å². The Kier molecular flexibility index (Phi) is 4.88. The number of benzene rings is 1. The maximum Gasteiger partial charge on any atom is 0.228 e. The lowest BCUT2D eigenvalue weighted by atomic mass is 10.1. The average molecular weight is 368 g/mol. The van der Waals surface area contributed by atoms with E-state index < -0.39 is 0 Å². The number of furan rings is 1. The fourth-order valence-electron chi connectivity index (χ4n) is 3.62. The van der Waals surface area contributed by atoms with Gasteiger partial charge < -0.3 is 19.0 Å². The van der Waals surface area contributed by atoms with E-state index in [1.165, 1.54) is 0 Å². The van der Waals surface area contributed by atoms with E-state index in [2.05, 4.69) is 0 Å². The number of methoxy groups -OCH3 is 1. The summed E-state index contributed by atoms with van der Waals surface area (Å²) in [6.45, 7) is 1.47. The highest BCUT2D eigenvalue weighted by molar-refractivity contribution is 5.89. The van der Waals surface area contributed by atoms with Crippen LogP contribution < -0.4 is 4.74 Å². The first-order chi connectivity index (χ1) is 13.1. The predicted molar refractivity (Wildman–Crippen MR) is 98.8 cm³/mol. The van der Waals surface area contributed by atoms with Gasteiger partial charge in [0, 0.05) is 25.6 Å². The molecule has 2 heterocycles. The van der Waals surface area contributed by atoms with Crippen LogP contribution in [0.25, 0.3) is 0 Å². The summed E-state index contributed by atoms with van der Waals surface area (Å²) in [7, 11) is 1.64. The molecule has 27 heavy (non-hydrogen) atoms. The van der Waals surface area contributed by atoms with Crippen molar-refractivity contribution in [3.8, 4) is 5.75 Å². The molecule has 1 unspecified atom stereocenters. The minimum Gasteiger partial charge on any atom is -0.497 e. The lowest BCUT2D eigenvalue weighted by molar-refractivity contribution is -0.137. The van der Waals surface area contributed by atoms with Crippen molar-refractivity contribution >= 4 is 11.8 Å². The molecule has 2 amide bonds. The molecule has 1 aliphatic carbocycles. The molecule has 6 heteroatoms. The molecule has 142 valence electrons. The van der Waals surface area contributed by atoms with Gasteiger partial charge in [-0.05, 0) is 42.7 Å². The van der Waals surface area contributed by atoms with Crippen LogP contribution in [0.3, 0.4) is 0 Å². The lowest BCUT2D eigenvalue weighted by Gasteiger charge is -2.26. The van der Waals surface area contributed by atoms with Gasteiger partial charge in [0.1, 0.15) is 11.5 Å². The number of carbonyl (C=O) groups excluding carboxylic acids is 2. The first kappa shape index (κ1) is 17.6. The van der Waals surface area contributed by atoms with Gasteiger partial charge in [-0.3, -0.25) is 9.59 Å². The van der Waals surface area contributed by atoms with Crippen molar-refractivity contribution in [3.63, 3.8) is 0 Å². The summed E-state index contributed by atoms with van der Waals surface area (Å²) in [5.41, 5.74) is 1.08. The highest BCUT2D eigenvalue weighted by Crippen LogP contribution is 2.32. The molecule has 2 aliphatic rings. The topological polar surface area (TPSA) is 63.0 Å². The van der Waals surface area contributed by atoms with Crippen molar-refractivity contribution in [3.05, 3.63) is 54.0 Å². The van der Waals surface area contributed by atoms with Crippen LogP contribution >= 0.6 is 0 Å². The van der Waals surface area contributed by atoms with Crippen LogP contribution in [0.4, 0.5) is 0 Å². The monoisotopic (exact) mass is 368 g/mol. The summed E-state index contributed by atoms with van der Waals surface area (Å²) >= 11 is 0. The van der Waals surface area contributed by atoms with Gasteiger partial charge in [0.05, 0.1) is 25.8 Å². The second kappa shape index (κ2) is 7.47. The molecular weight excluding hydrogens is 344 g/mol. The molecule has 0 bridgehead atoms. The Labute approximate surface area is 158 Å². The first-order valence-corrected chi connectivity index (χ1v) is 9.37. The maximum atomic E-state index is 13.1. The van der Waals surface area contributed by atoms with E-state index in [-0.39, 0.29) is 24.2 Å².